The highest BCUT2D eigenvalue weighted by Crippen LogP contribution is 2.24. The largest absolute Gasteiger partial charge is 0.378 e. The van der Waals surface area contributed by atoms with Gasteiger partial charge in [0, 0.05) is 24.4 Å². The number of allylic oxidation sites excluding steroid dienone is 1. The number of rotatable bonds is 3. The summed E-state index contributed by atoms with van der Waals surface area (Å²) in [5, 5.41) is 0. The molecule has 0 unspecified atom stereocenters. The quantitative estimate of drug-likeness (QED) is 0.732. The molecule has 5 nitrogen and oxygen atoms in total. The molecule has 1 atom stereocenters. The Morgan fingerprint density at radius 1 is 1.35 bits per heavy atom. The lowest BCUT2D eigenvalue weighted by atomic mass is 10.1. The molecule has 6 heteroatoms. The average Bonchev–Trinajstić information content (AvgIpc) is 2.96. The fourth-order valence-corrected chi connectivity index (χ4v) is 3.61. The third kappa shape index (κ3) is 3.35. The number of thioether (sulfide) groups is 1. The molecule has 2 aliphatic rings. The molecule has 2 fully saturated rings. The summed E-state index contributed by atoms with van der Waals surface area (Å²) in [6, 6.07) is -0.314. The molecule has 2 amide bonds. The molecule has 0 aromatic rings. The Labute approximate surface area is 124 Å². The van der Waals surface area contributed by atoms with E-state index in [1.165, 1.54) is 0 Å². The summed E-state index contributed by atoms with van der Waals surface area (Å²) in [4.78, 5) is 28.5. The summed E-state index contributed by atoms with van der Waals surface area (Å²) in [5.74, 6) is 1.36. The molecular weight excluding hydrogens is 276 g/mol. The van der Waals surface area contributed by atoms with Crippen LogP contribution in [0.1, 0.15) is 20.3 Å². The van der Waals surface area contributed by atoms with Crippen molar-refractivity contribution in [1.82, 2.24) is 9.80 Å². The smallest absolute Gasteiger partial charge is 0.250 e. The second-order valence-corrected chi connectivity index (χ2v) is 6.02. The summed E-state index contributed by atoms with van der Waals surface area (Å²) in [5.41, 5.74) is 0.731. The van der Waals surface area contributed by atoms with Gasteiger partial charge in [-0.05, 0) is 13.3 Å². The van der Waals surface area contributed by atoms with E-state index in [1.807, 2.05) is 24.8 Å². The predicted molar refractivity (Wildman–Crippen MR) is 79.4 cm³/mol. The Balaban J connectivity index is 2.04. The summed E-state index contributed by atoms with van der Waals surface area (Å²) in [7, 11) is 0. The molecule has 0 radical (unpaired) electrons. The third-order valence-electron chi connectivity index (χ3n) is 3.60. The van der Waals surface area contributed by atoms with Crippen molar-refractivity contribution in [1.29, 1.82) is 0 Å². The van der Waals surface area contributed by atoms with Gasteiger partial charge in [-0.15, -0.1) is 11.8 Å². The maximum atomic E-state index is 12.5. The Morgan fingerprint density at radius 2 is 2.05 bits per heavy atom. The molecule has 2 aliphatic heterocycles. The molecule has 2 rings (SSSR count). The molecule has 0 N–H and O–H groups in total. The lowest BCUT2D eigenvalue weighted by Gasteiger charge is -2.32. The van der Waals surface area contributed by atoms with Gasteiger partial charge in [-0.1, -0.05) is 13.0 Å². The molecule has 0 aromatic carbocycles. The van der Waals surface area contributed by atoms with E-state index in [-0.39, 0.29) is 17.9 Å². The minimum absolute atomic E-state index is 0.0107. The number of ether oxygens (including phenoxy) is 1. The van der Waals surface area contributed by atoms with Gasteiger partial charge in [0.1, 0.15) is 6.04 Å². The highest BCUT2D eigenvalue weighted by atomic mass is 32.2. The molecular formula is C14H22N2O3S. The summed E-state index contributed by atoms with van der Waals surface area (Å²) in [6.07, 6.45) is 2.75. The van der Waals surface area contributed by atoms with Gasteiger partial charge in [0.15, 0.2) is 0 Å². The molecule has 2 heterocycles. The van der Waals surface area contributed by atoms with Crippen LogP contribution in [0.4, 0.5) is 0 Å². The van der Waals surface area contributed by atoms with Gasteiger partial charge in [-0.2, -0.15) is 0 Å². The van der Waals surface area contributed by atoms with Crippen molar-refractivity contribution in [3.05, 3.63) is 11.6 Å². The average molecular weight is 298 g/mol. The number of carbonyl (C=O) groups is 2. The van der Waals surface area contributed by atoms with E-state index in [9.17, 15) is 9.59 Å². The first kappa shape index (κ1) is 15.4. The zero-order valence-corrected chi connectivity index (χ0v) is 12.9. The molecule has 20 heavy (non-hydrogen) atoms. The molecule has 2 saturated heterocycles. The van der Waals surface area contributed by atoms with Crippen LogP contribution in [0.15, 0.2) is 11.6 Å². The van der Waals surface area contributed by atoms with E-state index in [2.05, 4.69) is 0 Å². The van der Waals surface area contributed by atoms with Crippen molar-refractivity contribution in [3.8, 4) is 0 Å². The topological polar surface area (TPSA) is 49.9 Å². The van der Waals surface area contributed by atoms with Crippen LogP contribution in [-0.4, -0.2) is 65.6 Å². The fraction of sp³-hybridized carbons (Fsp3) is 0.714. The highest BCUT2D eigenvalue weighted by molar-refractivity contribution is 7.99. The van der Waals surface area contributed by atoms with Gasteiger partial charge in [0.2, 0.25) is 5.91 Å². The fourth-order valence-electron chi connectivity index (χ4n) is 2.46. The van der Waals surface area contributed by atoms with E-state index in [0.29, 0.717) is 37.9 Å². The third-order valence-corrected chi connectivity index (χ3v) is 4.61. The molecule has 0 saturated carbocycles. The summed E-state index contributed by atoms with van der Waals surface area (Å²) >= 11 is 1.65. The van der Waals surface area contributed by atoms with Crippen molar-refractivity contribution in [2.24, 2.45) is 0 Å². The number of nitrogens with zero attached hydrogens (tertiary/aromatic N) is 2. The van der Waals surface area contributed by atoms with E-state index >= 15 is 0 Å². The van der Waals surface area contributed by atoms with Crippen molar-refractivity contribution >= 4 is 23.6 Å². The zero-order valence-electron chi connectivity index (χ0n) is 12.1. The van der Waals surface area contributed by atoms with Crippen molar-refractivity contribution in [3.63, 3.8) is 0 Å². The number of amides is 2. The van der Waals surface area contributed by atoms with Crippen LogP contribution < -0.4 is 0 Å². The first-order chi connectivity index (χ1) is 9.65. The molecule has 0 aromatic heterocycles. The minimum atomic E-state index is -0.314. The van der Waals surface area contributed by atoms with Gasteiger partial charge in [-0.25, -0.2) is 0 Å². The van der Waals surface area contributed by atoms with Gasteiger partial charge in [-0.3, -0.25) is 9.59 Å². The monoisotopic (exact) mass is 298 g/mol. The van der Waals surface area contributed by atoms with E-state index in [1.54, 1.807) is 16.7 Å². The van der Waals surface area contributed by atoms with Gasteiger partial charge >= 0.3 is 0 Å². The normalized spacial score (nSPS) is 24.1. The molecule has 0 bridgehead atoms. The second-order valence-electron chi connectivity index (χ2n) is 5.02. The Hall–Kier alpha value is -1.01. The Kier molecular flexibility index (Phi) is 5.48. The Bertz CT molecular complexity index is 405. The van der Waals surface area contributed by atoms with E-state index in [4.69, 9.17) is 4.74 Å². The first-order valence-corrected chi connectivity index (χ1v) is 8.22. The van der Waals surface area contributed by atoms with Crippen LogP contribution in [0.3, 0.4) is 0 Å². The van der Waals surface area contributed by atoms with Gasteiger partial charge in [0.25, 0.3) is 5.91 Å². The molecule has 0 spiro atoms. The minimum Gasteiger partial charge on any atom is -0.378 e. The van der Waals surface area contributed by atoms with E-state index in [0.717, 1.165) is 12.0 Å². The van der Waals surface area contributed by atoms with E-state index < -0.39 is 0 Å². The number of carbonyl (C=O) groups excluding carboxylic acids is 2. The van der Waals surface area contributed by atoms with Crippen LogP contribution >= 0.6 is 11.8 Å². The first-order valence-electron chi connectivity index (χ1n) is 7.07. The standard InChI is InChI=1S/C14H22N2O3S/c1-3-4-11(2)13(17)16-10-20-9-12(16)14(18)15-5-7-19-8-6-15/h4,12H,3,5-10H2,1-2H3/b11-4+/t12-/m0/s1. The number of hydrogen-bond donors (Lipinski definition) is 0. The lowest BCUT2D eigenvalue weighted by molar-refractivity contribution is -0.144. The molecule has 112 valence electrons. The second kappa shape index (κ2) is 7.13. The summed E-state index contributed by atoms with van der Waals surface area (Å²) in [6.45, 7) is 6.28. The maximum absolute atomic E-state index is 12.5. The predicted octanol–water partition coefficient (Wildman–Crippen LogP) is 1.10. The SMILES string of the molecule is CC/C=C(\C)C(=O)N1CSC[C@H]1C(=O)N1CCOCC1. The summed E-state index contributed by atoms with van der Waals surface area (Å²) < 4.78 is 5.27. The number of hydrogen-bond acceptors (Lipinski definition) is 4. The molecule has 0 aliphatic carbocycles. The maximum Gasteiger partial charge on any atom is 0.250 e. The highest BCUT2D eigenvalue weighted by Gasteiger charge is 2.37. The lowest BCUT2D eigenvalue weighted by Crippen LogP contribution is -2.52. The van der Waals surface area contributed by atoms with Gasteiger partial charge < -0.3 is 14.5 Å². The Morgan fingerprint density at radius 3 is 2.70 bits per heavy atom. The van der Waals surface area contributed by atoms with Crippen molar-refractivity contribution in [2.45, 2.75) is 26.3 Å². The van der Waals surface area contributed by atoms with Crippen LogP contribution in [0.2, 0.25) is 0 Å². The van der Waals surface area contributed by atoms with Crippen LogP contribution in [0.25, 0.3) is 0 Å². The van der Waals surface area contributed by atoms with Crippen LogP contribution in [0.5, 0.6) is 0 Å². The van der Waals surface area contributed by atoms with Crippen LogP contribution in [-0.2, 0) is 14.3 Å². The number of morpholine rings is 1. The zero-order chi connectivity index (χ0) is 14.5. The van der Waals surface area contributed by atoms with Crippen molar-refractivity contribution < 1.29 is 14.3 Å². The van der Waals surface area contributed by atoms with Crippen molar-refractivity contribution in [2.75, 3.05) is 37.9 Å². The van der Waals surface area contributed by atoms with Crippen LogP contribution in [0, 0.1) is 0 Å². The van der Waals surface area contributed by atoms with Gasteiger partial charge in [0.05, 0.1) is 19.1 Å².